The van der Waals surface area contributed by atoms with Gasteiger partial charge in [0, 0.05) is 18.3 Å². The van der Waals surface area contributed by atoms with Gasteiger partial charge in [-0.1, -0.05) is 32.0 Å². The Morgan fingerprint density at radius 3 is 2.61 bits per heavy atom. The summed E-state index contributed by atoms with van der Waals surface area (Å²) in [6, 6.07) is 1.03. The van der Waals surface area contributed by atoms with Crippen molar-refractivity contribution in [2.75, 3.05) is 25.4 Å². The number of hydrogen-bond donors (Lipinski definition) is 1. The summed E-state index contributed by atoms with van der Waals surface area (Å²) in [5.74, 6) is 1.81. The van der Waals surface area contributed by atoms with Crippen LogP contribution in [0.15, 0.2) is 4.99 Å². The summed E-state index contributed by atoms with van der Waals surface area (Å²) < 4.78 is 0. The highest BCUT2D eigenvalue weighted by Gasteiger charge is 2.22. The number of hydrogen-bond acceptors (Lipinski definition) is 4. The van der Waals surface area contributed by atoms with Crippen LogP contribution in [-0.4, -0.2) is 47.5 Å². The highest BCUT2D eigenvalue weighted by atomic mass is 32.2. The molecule has 0 aromatic rings. The summed E-state index contributed by atoms with van der Waals surface area (Å²) in [7, 11) is 0. The quantitative estimate of drug-likeness (QED) is 0.850. The molecule has 0 spiro atoms. The molecule has 104 valence electrons. The molecule has 0 aromatic carbocycles. The molecule has 4 heteroatoms. The standard InChI is InChI=1S/C14H27N3S/c1-11(2)13-10-18-14(16-13)15-12(3)9-17-7-5-4-6-8-17/h11-13H,4-10H2,1-3H3,(H,15,16)/t12?,13-/m1/s1. The van der Waals surface area contributed by atoms with Gasteiger partial charge in [-0.2, -0.15) is 0 Å². The lowest BCUT2D eigenvalue weighted by atomic mass is 10.1. The van der Waals surface area contributed by atoms with Gasteiger partial charge in [0.1, 0.15) is 0 Å². The molecule has 0 aromatic heterocycles. The van der Waals surface area contributed by atoms with Gasteiger partial charge < -0.3 is 10.2 Å². The molecule has 2 aliphatic heterocycles. The molecule has 0 radical (unpaired) electrons. The van der Waals surface area contributed by atoms with E-state index in [1.54, 1.807) is 0 Å². The predicted molar refractivity (Wildman–Crippen MR) is 81.4 cm³/mol. The summed E-state index contributed by atoms with van der Waals surface area (Å²) >= 11 is 1.89. The zero-order valence-electron chi connectivity index (χ0n) is 12.0. The first-order chi connectivity index (χ1) is 8.65. The van der Waals surface area contributed by atoms with E-state index in [4.69, 9.17) is 4.99 Å². The van der Waals surface area contributed by atoms with Crippen molar-refractivity contribution in [1.29, 1.82) is 0 Å². The molecule has 0 aliphatic carbocycles. The number of nitrogens with zero attached hydrogens (tertiary/aromatic N) is 2. The number of nitrogens with one attached hydrogen (secondary N) is 1. The van der Waals surface area contributed by atoms with Crippen molar-refractivity contribution < 1.29 is 0 Å². The Balaban J connectivity index is 1.73. The molecular formula is C14H27N3S. The largest absolute Gasteiger partial charge is 0.361 e. The van der Waals surface area contributed by atoms with Crippen molar-refractivity contribution in [3.05, 3.63) is 0 Å². The molecule has 2 heterocycles. The minimum Gasteiger partial charge on any atom is -0.361 e. The Hall–Kier alpha value is -0.220. The third-order valence-corrected chi connectivity index (χ3v) is 4.80. The maximum atomic E-state index is 4.77. The van der Waals surface area contributed by atoms with Gasteiger partial charge in [0.15, 0.2) is 5.17 Å². The van der Waals surface area contributed by atoms with E-state index in [0.717, 1.165) is 12.3 Å². The SMILES string of the molecule is CC(CN1CCCCC1)NC1=N[C@@H](C(C)C)CS1. The van der Waals surface area contributed by atoms with E-state index < -0.39 is 0 Å². The Labute approximate surface area is 116 Å². The van der Waals surface area contributed by atoms with Crippen molar-refractivity contribution in [3.8, 4) is 0 Å². The average Bonchev–Trinajstić information content (AvgIpc) is 2.78. The second kappa shape index (κ2) is 6.80. The van der Waals surface area contributed by atoms with Gasteiger partial charge in [0.2, 0.25) is 0 Å². The van der Waals surface area contributed by atoms with Gasteiger partial charge in [-0.15, -0.1) is 0 Å². The monoisotopic (exact) mass is 269 g/mol. The predicted octanol–water partition coefficient (Wildman–Crippen LogP) is 2.58. The Morgan fingerprint density at radius 2 is 2.00 bits per heavy atom. The number of aliphatic imine (C=N–C) groups is 1. The fraction of sp³-hybridized carbons (Fsp3) is 0.929. The van der Waals surface area contributed by atoms with Crippen LogP contribution in [0.4, 0.5) is 0 Å². The molecular weight excluding hydrogens is 242 g/mol. The molecule has 2 atom stereocenters. The minimum absolute atomic E-state index is 0.514. The van der Waals surface area contributed by atoms with Gasteiger partial charge in [-0.05, 0) is 38.8 Å². The van der Waals surface area contributed by atoms with Crippen LogP contribution in [0, 0.1) is 5.92 Å². The molecule has 2 aliphatic rings. The molecule has 0 bridgehead atoms. The average molecular weight is 269 g/mol. The summed E-state index contributed by atoms with van der Waals surface area (Å²) in [6.07, 6.45) is 4.16. The van der Waals surface area contributed by atoms with Crippen LogP contribution >= 0.6 is 11.8 Å². The maximum absolute atomic E-state index is 4.77. The Bertz CT molecular complexity index is 285. The summed E-state index contributed by atoms with van der Waals surface area (Å²) in [6.45, 7) is 10.5. The third-order valence-electron chi connectivity index (χ3n) is 3.79. The number of piperidine rings is 1. The van der Waals surface area contributed by atoms with Gasteiger partial charge in [0.05, 0.1) is 6.04 Å². The smallest absolute Gasteiger partial charge is 0.157 e. The van der Waals surface area contributed by atoms with Gasteiger partial charge in [0.25, 0.3) is 0 Å². The van der Waals surface area contributed by atoms with Crippen LogP contribution in [0.5, 0.6) is 0 Å². The lowest BCUT2D eigenvalue weighted by Crippen LogP contribution is -2.42. The van der Waals surface area contributed by atoms with E-state index in [9.17, 15) is 0 Å². The molecule has 2 rings (SSSR count). The maximum Gasteiger partial charge on any atom is 0.157 e. The van der Waals surface area contributed by atoms with Gasteiger partial charge in [-0.25, -0.2) is 0 Å². The van der Waals surface area contributed by atoms with Crippen LogP contribution in [0.1, 0.15) is 40.0 Å². The molecule has 0 amide bonds. The highest BCUT2D eigenvalue weighted by Crippen LogP contribution is 2.22. The second-order valence-corrected chi connectivity index (χ2v) is 6.97. The van der Waals surface area contributed by atoms with Crippen LogP contribution in [0.3, 0.4) is 0 Å². The fourth-order valence-electron chi connectivity index (χ4n) is 2.60. The van der Waals surface area contributed by atoms with Crippen LogP contribution in [0.2, 0.25) is 0 Å². The zero-order valence-corrected chi connectivity index (χ0v) is 12.8. The summed E-state index contributed by atoms with van der Waals surface area (Å²) in [5, 5.41) is 4.75. The Morgan fingerprint density at radius 1 is 1.28 bits per heavy atom. The molecule has 3 nitrogen and oxygen atoms in total. The first-order valence-corrected chi connectivity index (χ1v) is 8.33. The van der Waals surface area contributed by atoms with Gasteiger partial charge in [-0.3, -0.25) is 4.99 Å². The second-order valence-electron chi connectivity index (χ2n) is 5.96. The Kier molecular flexibility index (Phi) is 5.37. The third kappa shape index (κ3) is 4.16. The van der Waals surface area contributed by atoms with E-state index in [1.807, 2.05) is 11.8 Å². The fourth-order valence-corrected chi connectivity index (χ4v) is 3.88. The molecule has 1 N–H and O–H groups in total. The number of rotatable bonds is 4. The van der Waals surface area contributed by atoms with E-state index in [1.165, 1.54) is 37.5 Å². The van der Waals surface area contributed by atoms with E-state index in [2.05, 4.69) is 31.0 Å². The van der Waals surface area contributed by atoms with Gasteiger partial charge >= 0.3 is 0 Å². The molecule has 0 saturated carbocycles. The number of thioether (sulfide) groups is 1. The number of likely N-dealkylation sites (tertiary alicyclic amines) is 1. The first kappa shape index (κ1) is 14.2. The minimum atomic E-state index is 0.514. The lowest BCUT2D eigenvalue weighted by Gasteiger charge is -2.29. The molecule has 1 saturated heterocycles. The van der Waals surface area contributed by atoms with Crippen LogP contribution in [-0.2, 0) is 0 Å². The normalized spacial score (nSPS) is 27.3. The first-order valence-electron chi connectivity index (χ1n) is 7.34. The van der Waals surface area contributed by atoms with E-state index in [-0.39, 0.29) is 0 Å². The van der Waals surface area contributed by atoms with Crippen LogP contribution < -0.4 is 5.32 Å². The van der Waals surface area contributed by atoms with E-state index in [0.29, 0.717) is 18.0 Å². The van der Waals surface area contributed by atoms with Crippen molar-refractivity contribution in [2.45, 2.75) is 52.1 Å². The van der Waals surface area contributed by atoms with Crippen molar-refractivity contribution in [2.24, 2.45) is 10.9 Å². The molecule has 1 unspecified atom stereocenters. The molecule has 1 fully saturated rings. The lowest BCUT2D eigenvalue weighted by molar-refractivity contribution is 0.215. The number of amidine groups is 1. The topological polar surface area (TPSA) is 27.6 Å². The highest BCUT2D eigenvalue weighted by molar-refractivity contribution is 8.14. The summed E-state index contributed by atoms with van der Waals surface area (Å²) in [5.41, 5.74) is 0. The van der Waals surface area contributed by atoms with Crippen molar-refractivity contribution >= 4 is 16.9 Å². The van der Waals surface area contributed by atoms with Crippen molar-refractivity contribution in [1.82, 2.24) is 10.2 Å². The molecule has 18 heavy (non-hydrogen) atoms. The van der Waals surface area contributed by atoms with Crippen LogP contribution in [0.25, 0.3) is 0 Å². The summed E-state index contributed by atoms with van der Waals surface area (Å²) in [4.78, 5) is 7.36. The van der Waals surface area contributed by atoms with E-state index >= 15 is 0 Å². The van der Waals surface area contributed by atoms with Crippen molar-refractivity contribution in [3.63, 3.8) is 0 Å². The zero-order chi connectivity index (χ0) is 13.0.